The largest absolute Gasteiger partial charge is 0.505 e. The van der Waals surface area contributed by atoms with Gasteiger partial charge in [-0.1, -0.05) is 45.9 Å². The van der Waals surface area contributed by atoms with Crippen LogP contribution in [-0.4, -0.2) is 94.5 Å². The molecule has 0 radical (unpaired) electrons. The fourth-order valence-corrected chi connectivity index (χ4v) is 8.97. The maximum absolute atomic E-state index is 14.7. The van der Waals surface area contributed by atoms with Crippen molar-refractivity contribution >= 4 is 56.3 Å². The molecule has 16 heteroatoms. The van der Waals surface area contributed by atoms with Crippen molar-refractivity contribution < 1.29 is 57.8 Å². The van der Waals surface area contributed by atoms with Gasteiger partial charge in [0.1, 0.15) is 40.4 Å². The zero-order valence-corrected chi connectivity index (χ0v) is 37.5. The van der Waals surface area contributed by atoms with E-state index >= 15 is 0 Å². The number of hydrogen-bond donors (Lipinski definition) is 5. The number of Topliss-reactive ketones (excluding diaryl/α,β-unsaturated/α-hetero) is 1. The summed E-state index contributed by atoms with van der Waals surface area (Å²) in [6.07, 6.45) is 5.22. The van der Waals surface area contributed by atoms with Crippen LogP contribution in [0.15, 0.2) is 63.6 Å². The van der Waals surface area contributed by atoms with E-state index in [1.54, 1.807) is 65.0 Å². The highest BCUT2D eigenvalue weighted by atomic mass is 16.7. The minimum absolute atomic E-state index is 0.00561. The number of hydrogen-bond acceptors (Lipinski definition) is 15. The van der Waals surface area contributed by atoms with E-state index in [4.69, 9.17) is 33.1 Å². The number of rotatable bonds is 4. The van der Waals surface area contributed by atoms with E-state index in [2.05, 4.69) is 10.6 Å². The van der Waals surface area contributed by atoms with Crippen LogP contribution in [0.2, 0.25) is 0 Å². The highest BCUT2D eigenvalue weighted by Gasteiger charge is 2.49. The predicted octanol–water partition coefficient (Wildman–Crippen LogP) is 6.13. The lowest BCUT2D eigenvalue weighted by atomic mass is 9.78. The minimum atomic E-state index is -2.04. The van der Waals surface area contributed by atoms with Gasteiger partial charge in [0.25, 0.3) is 11.7 Å². The second kappa shape index (κ2) is 18.4. The van der Waals surface area contributed by atoms with Crippen molar-refractivity contribution in [2.24, 2.45) is 23.7 Å². The van der Waals surface area contributed by atoms with Crippen molar-refractivity contribution in [3.8, 4) is 17.2 Å². The normalized spacial score (nSPS) is 30.4. The Labute approximate surface area is 370 Å². The number of phenols is 1. The smallest absolute Gasteiger partial charge is 0.312 e. The lowest BCUT2D eigenvalue weighted by Crippen LogP contribution is -2.46. The second-order valence-corrected chi connectivity index (χ2v) is 17.4. The molecule has 1 aromatic heterocycles. The fourth-order valence-electron chi connectivity index (χ4n) is 8.97. The Morgan fingerprint density at radius 3 is 2.38 bits per heavy atom. The van der Waals surface area contributed by atoms with Crippen molar-refractivity contribution in [3.63, 3.8) is 0 Å². The summed E-state index contributed by atoms with van der Waals surface area (Å²) in [5.41, 5.74) is -0.437. The molecule has 1 amide bonds. The molecule has 5 N–H and O–H groups in total. The van der Waals surface area contributed by atoms with Gasteiger partial charge in [-0.3, -0.25) is 19.2 Å². The SMILES string of the molecule is CO[C@H]1/C=C/O[C@@]2(C)Oc3c(C)c(=O)c4c(O)c(c5oc6cc(OC7CCNCC7)ccc6nc5c4c3C2=O)NC(=O)/C(C)=C\C=C\[C@H](C)[C@H](O)[C@@H](C)[C@@H](O)[C@@H](C)[C@H](OC(C)=O)[C@@H]1C. The highest BCUT2D eigenvalue weighted by molar-refractivity contribution is 6.26. The van der Waals surface area contributed by atoms with Gasteiger partial charge < -0.3 is 54.1 Å². The molecule has 3 aliphatic heterocycles. The fraction of sp³-hybridized carbons (Fsp3) is 0.479. The minimum Gasteiger partial charge on any atom is -0.505 e. The molecule has 7 rings (SSSR count). The van der Waals surface area contributed by atoms with Crippen LogP contribution in [0.1, 0.15) is 77.2 Å². The molecule has 4 aromatic rings. The second-order valence-electron chi connectivity index (χ2n) is 17.4. The van der Waals surface area contributed by atoms with E-state index in [1.165, 1.54) is 46.3 Å². The van der Waals surface area contributed by atoms with Crippen LogP contribution in [0.25, 0.3) is 33.0 Å². The zero-order chi connectivity index (χ0) is 46.4. The number of anilines is 1. The number of ketones is 1. The van der Waals surface area contributed by atoms with Crippen LogP contribution in [-0.2, 0) is 23.8 Å². The first-order chi connectivity index (χ1) is 30.4. The number of piperidine rings is 1. The number of benzene rings is 3. The summed E-state index contributed by atoms with van der Waals surface area (Å²) in [5.74, 6) is -6.71. The van der Waals surface area contributed by atoms with Crippen LogP contribution < -0.4 is 25.5 Å². The summed E-state index contributed by atoms with van der Waals surface area (Å²) in [6.45, 7) is 14.2. The maximum atomic E-state index is 14.7. The summed E-state index contributed by atoms with van der Waals surface area (Å²) in [4.78, 5) is 60.3. The Balaban J connectivity index is 1.42. The molecule has 4 heterocycles. The molecule has 0 unspecified atom stereocenters. The van der Waals surface area contributed by atoms with E-state index in [-0.39, 0.29) is 61.7 Å². The molecule has 64 heavy (non-hydrogen) atoms. The number of aromatic hydroxyl groups is 1. The number of phenolic OH excluding ortho intramolecular Hbond substituents is 1. The van der Waals surface area contributed by atoms with Crippen LogP contribution >= 0.6 is 0 Å². The number of carbonyl (C=O) groups excluding carboxylic acids is 3. The quantitative estimate of drug-likeness (QED) is 0.0673. The summed E-state index contributed by atoms with van der Waals surface area (Å²) in [7, 11) is 1.45. The molecule has 0 spiro atoms. The number of nitrogens with zero attached hydrogens (tertiary/aromatic N) is 1. The third kappa shape index (κ3) is 8.59. The molecule has 342 valence electrons. The van der Waals surface area contributed by atoms with Gasteiger partial charge in [0.2, 0.25) is 0 Å². The van der Waals surface area contributed by atoms with Gasteiger partial charge in [-0.25, -0.2) is 4.98 Å². The van der Waals surface area contributed by atoms with Gasteiger partial charge in [0, 0.05) is 67.2 Å². The number of aliphatic hydroxyl groups is 2. The van der Waals surface area contributed by atoms with E-state index in [0.29, 0.717) is 11.3 Å². The van der Waals surface area contributed by atoms with Gasteiger partial charge in [0.15, 0.2) is 22.3 Å². The van der Waals surface area contributed by atoms with Crippen molar-refractivity contribution in [1.82, 2.24) is 10.3 Å². The number of amides is 1. The first-order valence-electron chi connectivity index (χ1n) is 21.6. The van der Waals surface area contributed by atoms with Gasteiger partial charge in [-0.2, -0.15) is 0 Å². The molecule has 3 aliphatic rings. The molecule has 9 atom stereocenters. The summed E-state index contributed by atoms with van der Waals surface area (Å²) >= 11 is 0. The number of fused-ring (bicyclic) bond motifs is 2. The molecule has 0 aliphatic carbocycles. The average Bonchev–Trinajstić information content (AvgIpc) is 3.54. The van der Waals surface area contributed by atoms with Crippen LogP contribution in [0.3, 0.4) is 0 Å². The number of ether oxygens (including phenoxy) is 5. The Bertz CT molecular complexity index is 2650. The van der Waals surface area contributed by atoms with E-state index < -0.39 is 82.7 Å². The van der Waals surface area contributed by atoms with Crippen molar-refractivity contribution in [2.45, 2.75) is 105 Å². The van der Waals surface area contributed by atoms with E-state index in [0.717, 1.165) is 25.9 Å². The summed E-state index contributed by atoms with van der Waals surface area (Å²) in [5, 5.41) is 40.8. The Kier molecular flexibility index (Phi) is 13.2. The van der Waals surface area contributed by atoms with Crippen molar-refractivity contribution in [2.75, 3.05) is 25.5 Å². The number of esters is 1. The molecule has 0 saturated carbocycles. The average molecular weight is 884 g/mol. The monoisotopic (exact) mass is 883 g/mol. The molecular formula is C48H57N3O13. The number of aliphatic hydroxyl groups excluding tert-OH is 2. The van der Waals surface area contributed by atoms with Gasteiger partial charge in [-0.15, -0.1) is 0 Å². The standard InChI is InChI=1S/C48H57N3O13/c1-22-11-10-12-23(2)47(58)51-38-42(56)35-34(37-45(38)63-33-21-30(13-14-31(33)50-37)62-29-15-18-49-19-16-29)36-44(27(6)41(35)55)64-48(8,46(36)57)60-20-17-32(59-9)24(3)43(61-28(7)52)26(5)40(54)25(4)39(22)53/h10-14,17,20-22,24-26,29,32,39-40,43,49,53-54,56H,15-16,18-19H2,1-9H3,(H,51,58)/b11-10+,20-17+,23-12-/t22-,24+,25+,26+,32-,39-,40+,43+,48-/m0/s1. The lowest BCUT2D eigenvalue weighted by Gasteiger charge is -2.38. The Morgan fingerprint density at radius 2 is 1.69 bits per heavy atom. The summed E-state index contributed by atoms with van der Waals surface area (Å²) < 4.78 is 36.6. The summed E-state index contributed by atoms with van der Waals surface area (Å²) in [6, 6.07) is 5.10. The third-order valence-corrected chi connectivity index (χ3v) is 12.9. The number of nitrogens with one attached hydrogen (secondary N) is 2. The molecule has 16 nitrogen and oxygen atoms in total. The van der Waals surface area contributed by atoms with Crippen LogP contribution in [0.4, 0.5) is 5.69 Å². The molecular weight excluding hydrogens is 827 g/mol. The lowest BCUT2D eigenvalue weighted by molar-refractivity contribution is -0.160. The van der Waals surface area contributed by atoms with Crippen molar-refractivity contribution in [1.29, 1.82) is 0 Å². The molecule has 1 fully saturated rings. The van der Waals surface area contributed by atoms with Crippen LogP contribution in [0.5, 0.6) is 17.2 Å². The first-order valence-corrected chi connectivity index (χ1v) is 21.6. The van der Waals surface area contributed by atoms with Gasteiger partial charge in [-0.05, 0) is 58.0 Å². The molecule has 3 aromatic carbocycles. The predicted molar refractivity (Wildman–Crippen MR) is 238 cm³/mol. The number of aromatic nitrogens is 1. The van der Waals surface area contributed by atoms with Crippen LogP contribution in [0, 0.1) is 30.6 Å². The third-order valence-electron chi connectivity index (χ3n) is 12.9. The Hall–Kier alpha value is -5.81. The maximum Gasteiger partial charge on any atom is 0.312 e. The Morgan fingerprint density at radius 1 is 0.969 bits per heavy atom. The van der Waals surface area contributed by atoms with Gasteiger partial charge >= 0.3 is 11.8 Å². The highest BCUT2D eigenvalue weighted by Crippen LogP contribution is 2.48. The van der Waals surface area contributed by atoms with E-state index in [1.807, 2.05) is 0 Å². The topological polar surface area (TPSA) is 225 Å². The zero-order valence-electron chi connectivity index (χ0n) is 37.5. The molecule has 4 bridgehead atoms. The number of allylic oxidation sites excluding steroid dienone is 2. The number of carbonyl (C=O) groups is 3. The van der Waals surface area contributed by atoms with Crippen molar-refractivity contribution in [3.05, 3.63) is 75.7 Å². The van der Waals surface area contributed by atoms with Gasteiger partial charge in [0.05, 0.1) is 35.5 Å². The number of methoxy groups -OCH3 is 1. The van der Waals surface area contributed by atoms with E-state index in [9.17, 15) is 34.5 Å². The molecule has 1 saturated heterocycles. The first kappa shape index (κ1) is 46.2.